The Morgan fingerprint density at radius 1 is 1.00 bits per heavy atom. The summed E-state index contributed by atoms with van der Waals surface area (Å²) in [5, 5.41) is 5.32. The molecule has 3 aromatic carbocycles. The summed E-state index contributed by atoms with van der Waals surface area (Å²) in [5.41, 5.74) is 2.58. The van der Waals surface area contributed by atoms with Gasteiger partial charge in [0.15, 0.2) is 0 Å². The van der Waals surface area contributed by atoms with E-state index in [1.807, 2.05) is 31.2 Å². The van der Waals surface area contributed by atoms with Crippen LogP contribution in [0.25, 0.3) is 10.8 Å². The van der Waals surface area contributed by atoms with Crippen molar-refractivity contribution in [1.29, 1.82) is 0 Å². The van der Waals surface area contributed by atoms with Crippen molar-refractivity contribution >= 4 is 32.4 Å². The van der Waals surface area contributed by atoms with E-state index in [2.05, 4.69) is 42.6 Å². The first-order valence-electron chi connectivity index (χ1n) is 10.0. The molecule has 3 rings (SSSR count). The molecule has 0 aliphatic heterocycles. The van der Waals surface area contributed by atoms with Crippen molar-refractivity contribution in [3.05, 3.63) is 77.9 Å². The number of nitrogens with zero attached hydrogens (tertiary/aromatic N) is 1. The normalized spacial score (nSPS) is 12.5. The number of fused-ring (bicyclic) bond motifs is 1. The Hall–Kier alpha value is -2.86. The van der Waals surface area contributed by atoms with Crippen molar-refractivity contribution in [1.82, 2.24) is 5.32 Å². The van der Waals surface area contributed by atoms with Gasteiger partial charge in [0.2, 0.25) is 15.9 Å². The second kappa shape index (κ2) is 9.30. The fraction of sp³-hybridized carbons (Fsp3) is 0.292. The minimum atomic E-state index is -3.57. The van der Waals surface area contributed by atoms with Gasteiger partial charge in [0.05, 0.1) is 11.9 Å². The Bertz CT molecular complexity index is 1140. The van der Waals surface area contributed by atoms with E-state index in [0.717, 1.165) is 22.5 Å². The number of hydrogen-bond acceptors (Lipinski definition) is 3. The molecule has 0 saturated carbocycles. The van der Waals surface area contributed by atoms with Crippen LogP contribution < -0.4 is 9.62 Å². The number of carbonyl (C=O) groups excluding carboxylic acids is 1. The molecule has 0 heterocycles. The molecule has 1 atom stereocenters. The summed E-state index contributed by atoms with van der Waals surface area (Å²) in [6.07, 6.45) is 1.95. The molecule has 0 spiro atoms. The second-order valence-electron chi connectivity index (χ2n) is 7.81. The molecular weight excluding hydrogens is 396 g/mol. The summed E-state index contributed by atoms with van der Waals surface area (Å²) in [4.78, 5) is 12.5. The molecule has 5 nitrogen and oxygen atoms in total. The van der Waals surface area contributed by atoms with Gasteiger partial charge in [0.25, 0.3) is 0 Å². The first-order chi connectivity index (χ1) is 14.3. The summed E-state index contributed by atoms with van der Waals surface area (Å²) in [6, 6.07) is 21.7. The van der Waals surface area contributed by atoms with E-state index in [-0.39, 0.29) is 18.4 Å². The van der Waals surface area contributed by atoms with E-state index in [1.165, 1.54) is 16.3 Å². The summed E-state index contributed by atoms with van der Waals surface area (Å²) in [6.45, 7) is 4.16. The van der Waals surface area contributed by atoms with Crippen LogP contribution in [0.5, 0.6) is 0 Å². The van der Waals surface area contributed by atoms with Crippen LogP contribution in [0, 0.1) is 12.8 Å². The maximum Gasteiger partial charge on any atom is 0.240 e. The average molecular weight is 425 g/mol. The lowest BCUT2D eigenvalue weighted by Crippen LogP contribution is -2.42. The molecule has 158 valence electrons. The predicted octanol–water partition coefficient (Wildman–Crippen LogP) is 3.91. The van der Waals surface area contributed by atoms with Gasteiger partial charge in [-0.05, 0) is 47.2 Å². The van der Waals surface area contributed by atoms with Crippen molar-refractivity contribution in [2.45, 2.75) is 20.3 Å². The summed E-state index contributed by atoms with van der Waals surface area (Å²) < 4.78 is 25.7. The lowest BCUT2D eigenvalue weighted by molar-refractivity contribution is -0.119. The van der Waals surface area contributed by atoms with Crippen LogP contribution in [-0.2, 0) is 21.2 Å². The largest absolute Gasteiger partial charge is 0.354 e. The third-order valence-corrected chi connectivity index (χ3v) is 6.29. The van der Waals surface area contributed by atoms with Gasteiger partial charge in [-0.15, -0.1) is 0 Å². The molecule has 1 unspecified atom stereocenters. The molecule has 1 N–H and O–H groups in total. The Morgan fingerprint density at radius 3 is 2.40 bits per heavy atom. The lowest BCUT2D eigenvalue weighted by Gasteiger charge is -2.24. The van der Waals surface area contributed by atoms with Gasteiger partial charge in [-0.2, -0.15) is 0 Å². The number of nitrogens with one attached hydrogen (secondary N) is 1. The molecule has 0 saturated heterocycles. The summed E-state index contributed by atoms with van der Waals surface area (Å²) >= 11 is 0. The first-order valence-corrected chi connectivity index (χ1v) is 11.9. The van der Waals surface area contributed by atoms with Crippen LogP contribution in [0.4, 0.5) is 5.69 Å². The number of benzene rings is 3. The highest BCUT2D eigenvalue weighted by atomic mass is 32.2. The molecular formula is C24H28N2O3S. The average Bonchev–Trinajstić information content (AvgIpc) is 2.71. The highest BCUT2D eigenvalue weighted by Crippen LogP contribution is 2.22. The topological polar surface area (TPSA) is 66.5 Å². The molecule has 0 aliphatic carbocycles. The zero-order chi connectivity index (χ0) is 21.7. The Morgan fingerprint density at radius 2 is 1.67 bits per heavy atom. The number of rotatable bonds is 8. The summed E-state index contributed by atoms with van der Waals surface area (Å²) in [7, 11) is -3.57. The molecule has 0 aromatic heterocycles. The Kier molecular flexibility index (Phi) is 6.77. The van der Waals surface area contributed by atoms with Crippen molar-refractivity contribution in [2.24, 2.45) is 5.92 Å². The Labute approximate surface area is 178 Å². The minimum Gasteiger partial charge on any atom is -0.354 e. The van der Waals surface area contributed by atoms with E-state index in [9.17, 15) is 13.2 Å². The minimum absolute atomic E-state index is 0.213. The van der Waals surface area contributed by atoms with Crippen LogP contribution >= 0.6 is 0 Å². The summed E-state index contributed by atoms with van der Waals surface area (Å²) in [5.74, 6) is -0.0988. The molecule has 3 aromatic rings. The highest BCUT2D eigenvalue weighted by molar-refractivity contribution is 7.92. The van der Waals surface area contributed by atoms with E-state index in [4.69, 9.17) is 0 Å². The SMILES string of the molecule is Cc1ccccc1N(CC(=O)NCC(C)Cc1cccc2ccccc12)S(C)(=O)=O. The Balaban J connectivity index is 1.63. The molecule has 6 heteroatoms. The van der Waals surface area contributed by atoms with Gasteiger partial charge in [-0.1, -0.05) is 67.6 Å². The molecule has 0 aliphatic rings. The first kappa shape index (κ1) is 21.8. The quantitative estimate of drug-likeness (QED) is 0.596. The predicted molar refractivity (Wildman–Crippen MR) is 123 cm³/mol. The van der Waals surface area contributed by atoms with Gasteiger partial charge in [0.1, 0.15) is 6.54 Å². The van der Waals surface area contributed by atoms with Crippen LogP contribution in [0.2, 0.25) is 0 Å². The highest BCUT2D eigenvalue weighted by Gasteiger charge is 2.22. The van der Waals surface area contributed by atoms with E-state index in [0.29, 0.717) is 12.2 Å². The van der Waals surface area contributed by atoms with Crippen LogP contribution in [0.1, 0.15) is 18.1 Å². The van der Waals surface area contributed by atoms with Gasteiger partial charge >= 0.3 is 0 Å². The van der Waals surface area contributed by atoms with Crippen LogP contribution in [0.3, 0.4) is 0 Å². The monoisotopic (exact) mass is 424 g/mol. The zero-order valence-electron chi connectivity index (χ0n) is 17.6. The van der Waals surface area contributed by atoms with Crippen molar-refractivity contribution < 1.29 is 13.2 Å². The van der Waals surface area contributed by atoms with Gasteiger partial charge < -0.3 is 5.32 Å². The molecule has 1 amide bonds. The van der Waals surface area contributed by atoms with Crippen molar-refractivity contribution in [2.75, 3.05) is 23.7 Å². The van der Waals surface area contributed by atoms with Gasteiger partial charge in [-0.25, -0.2) is 8.42 Å². The lowest BCUT2D eigenvalue weighted by atomic mass is 9.96. The number of para-hydroxylation sites is 1. The third-order valence-electron chi connectivity index (χ3n) is 5.17. The molecule has 0 bridgehead atoms. The fourth-order valence-electron chi connectivity index (χ4n) is 3.62. The number of aryl methyl sites for hydroxylation is 1. The number of anilines is 1. The smallest absolute Gasteiger partial charge is 0.240 e. The van der Waals surface area contributed by atoms with E-state index >= 15 is 0 Å². The van der Waals surface area contributed by atoms with Crippen molar-refractivity contribution in [3.8, 4) is 0 Å². The van der Waals surface area contributed by atoms with E-state index in [1.54, 1.807) is 12.1 Å². The van der Waals surface area contributed by atoms with Crippen LogP contribution in [0.15, 0.2) is 66.7 Å². The molecule has 0 fully saturated rings. The third kappa shape index (κ3) is 5.39. The van der Waals surface area contributed by atoms with Gasteiger partial charge in [-0.3, -0.25) is 9.10 Å². The number of hydrogen-bond donors (Lipinski definition) is 1. The number of amides is 1. The van der Waals surface area contributed by atoms with E-state index < -0.39 is 10.0 Å². The number of sulfonamides is 1. The molecule has 0 radical (unpaired) electrons. The second-order valence-corrected chi connectivity index (χ2v) is 9.71. The van der Waals surface area contributed by atoms with Crippen molar-refractivity contribution in [3.63, 3.8) is 0 Å². The fourth-order valence-corrected chi connectivity index (χ4v) is 4.53. The van der Waals surface area contributed by atoms with Gasteiger partial charge in [0, 0.05) is 6.54 Å². The standard InChI is InChI=1S/C24H28N2O3S/c1-18(15-21-12-8-11-20-10-5-6-13-22(20)21)16-25-24(27)17-26(30(3,28)29)23-14-7-4-9-19(23)2/h4-14,18H,15-17H2,1-3H3,(H,25,27). The number of carbonyl (C=O) groups is 1. The maximum absolute atomic E-state index is 12.5. The maximum atomic E-state index is 12.5. The molecule has 30 heavy (non-hydrogen) atoms. The van der Waals surface area contributed by atoms with Crippen LogP contribution in [-0.4, -0.2) is 33.7 Å². The zero-order valence-corrected chi connectivity index (χ0v) is 18.4.